The Morgan fingerprint density at radius 1 is 1.12 bits per heavy atom. The highest BCUT2D eigenvalue weighted by Crippen LogP contribution is 2.26. The van der Waals surface area contributed by atoms with Crippen LogP contribution in [0.3, 0.4) is 0 Å². The van der Waals surface area contributed by atoms with Crippen LogP contribution in [0.5, 0.6) is 0 Å². The maximum Gasteiger partial charge on any atom is 0.256 e. The number of hydrogen-bond donors (Lipinski definition) is 1. The van der Waals surface area contributed by atoms with Gasteiger partial charge in [0.1, 0.15) is 5.82 Å². The molecule has 3 heterocycles. The van der Waals surface area contributed by atoms with Gasteiger partial charge in [0.2, 0.25) is 5.95 Å². The standard InChI is InChI=1S/C19H14FN5O/c1-25-11-22-10-16(25)13-2-3-15-14(8-13)9-17(23-18(15)20)24-19(26)12-4-6-21-7-5-12/h2-11H,1H3,(H,23,24,26). The van der Waals surface area contributed by atoms with Crippen LogP contribution in [0.15, 0.2) is 61.3 Å². The lowest BCUT2D eigenvalue weighted by atomic mass is 10.1. The largest absolute Gasteiger partial charge is 0.334 e. The summed E-state index contributed by atoms with van der Waals surface area (Å²) in [6, 6.07) is 10.1. The zero-order valence-corrected chi connectivity index (χ0v) is 13.8. The zero-order chi connectivity index (χ0) is 18.1. The molecule has 1 aromatic carbocycles. The second-order valence-corrected chi connectivity index (χ2v) is 5.81. The van der Waals surface area contributed by atoms with Crippen molar-refractivity contribution in [2.75, 3.05) is 5.32 Å². The Morgan fingerprint density at radius 2 is 1.92 bits per heavy atom. The Hall–Kier alpha value is -3.61. The topological polar surface area (TPSA) is 72.7 Å². The van der Waals surface area contributed by atoms with E-state index in [0.29, 0.717) is 16.3 Å². The Kier molecular flexibility index (Phi) is 3.89. The molecule has 4 aromatic rings. The molecule has 26 heavy (non-hydrogen) atoms. The monoisotopic (exact) mass is 347 g/mol. The average molecular weight is 347 g/mol. The number of amides is 1. The minimum atomic E-state index is -0.635. The highest BCUT2D eigenvalue weighted by atomic mass is 19.1. The molecule has 4 rings (SSSR count). The van der Waals surface area contributed by atoms with Crippen molar-refractivity contribution in [1.82, 2.24) is 19.5 Å². The molecule has 0 saturated heterocycles. The second-order valence-electron chi connectivity index (χ2n) is 5.81. The van der Waals surface area contributed by atoms with Crippen LogP contribution in [0.25, 0.3) is 22.0 Å². The maximum atomic E-state index is 14.4. The lowest BCUT2D eigenvalue weighted by Crippen LogP contribution is -2.13. The first-order valence-corrected chi connectivity index (χ1v) is 7.90. The summed E-state index contributed by atoms with van der Waals surface area (Å²) in [5, 5.41) is 3.65. The van der Waals surface area contributed by atoms with E-state index in [-0.39, 0.29) is 11.7 Å². The third-order valence-corrected chi connectivity index (χ3v) is 4.08. The summed E-state index contributed by atoms with van der Waals surface area (Å²) in [5.41, 5.74) is 2.23. The van der Waals surface area contributed by atoms with E-state index in [0.717, 1.165) is 11.3 Å². The van der Waals surface area contributed by atoms with Crippen molar-refractivity contribution >= 4 is 22.5 Å². The van der Waals surface area contributed by atoms with Gasteiger partial charge in [-0.2, -0.15) is 4.39 Å². The number of carbonyl (C=O) groups excluding carboxylic acids is 1. The van der Waals surface area contributed by atoms with E-state index in [1.54, 1.807) is 36.8 Å². The first kappa shape index (κ1) is 15.9. The number of nitrogens with zero attached hydrogens (tertiary/aromatic N) is 4. The summed E-state index contributed by atoms with van der Waals surface area (Å²) < 4.78 is 16.2. The van der Waals surface area contributed by atoms with Crippen molar-refractivity contribution in [2.24, 2.45) is 7.05 Å². The summed E-state index contributed by atoms with van der Waals surface area (Å²) >= 11 is 0. The van der Waals surface area contributed by atoms with Crippen LogP contribution in [0.4, 0.5) is 10.2 Å². The Balaban J connectivity index is 1.72. The van der Waals surface area contributed by atoms with E-state index in [1.165, 1.54) is 12.4 Å². The maximum absolute atomic E-state index is 14.4. The molecule has 0 atom stereocenters. The van der Waals surface area contributed by atoms with Crippen LogP contribution in [-0.4, -0.2) is 25.4 Å². The Morgan fingerprint density at radius 3 is 2.65 bits per heavy atom. The molecule has 0 spiro atoms. The minimum absolute atomic E-state index is 0.152. The first-order valence-electron chi connectivity index (χ1n) is 7.90. The van der Waals surface area contributed by atoms with Gasteiger partial charge in [0.25, 0.3) is 5.91 Å². The van der Waals surface area contributed by atoms with Crippen molar-refractivity contribution in [2.45, 2.75) is 0 Å². The molecule has 0 saturated carbocycles. The lowest BCUT2D eigenvalue weighted by Gasteiger charge is -2.08. The molecule has 1 N–H and O–H groups in total. The van der Waals surface area contributed by atoms with Gasteiger partial charge in [0.15, 0.2) is 0 Å². The number of benzene rings is 1. The third kappa shape index (κ3) is 2.90. The molecule has 7 heteroatoms. The molecule has 6 nitrogen and oxygen atoms in total. The fraction of sp³-hybridized carbons (Fsp3) is 0.0526. The highest BCUT2D eigenvalue weighted by Gasteiger charge is 2.12. The van der Waals surface area contributed by atoms with Crippen LogP contribution in [0.1, 0.15) is 10.4 Å². The molecular weight excluding hydrogens is 333 g/mol. The van der Waals surface area contributed by atoms with Crippen molar-refractivity contribution < 1.29 is 9.18 Å². The molecule has 0 radical (unpaired) electrons. The van der Waals surface area contributed by atoms with Crippen LogP contribution in [0, 0.1) is 5.95 Å². The number of aryl methyl sites for hydroxylation is 1. The van der Waals surface area contributed by atoms with Crippen molar-refractivity contribution in [3.05, 3.63) is 72.8 Å². The Labute approximate surface area is 148 Å². The molecular formula is C19H14FN5O. The van der Waals surface area contributed by atoms with Crippen molar-refractivity contribution in [3.63, 3.8) is 0 Å². The first-order chi connectivity index (χ1) is 12.6. The number of carbonyl (C=O) groups is 1. The molecule has 0 aliphatic carbocycles. The molecule has 0 aliphatic heterocycles. The van der Waals surface area contributed by atoms with E-state index < -0.39 is 5.95 Å². The van der Waals surface area contributed by atoms with Crippen LogP contribution in [0.2, 0.25) is 0 Å². The number of halogens is 1. The summed E-state index contributed by atoms with van der Waals surface area (Å²) in [7, 11) is 1.89. The molecule has 0 bridgehead atoms. The molecule has 0 fully saturated rings. The van der Waals surface area contributed by atoms with Gasteiger partial charge in [-0.1, -0.05) is 6.07 Å². The summed E-state index contributed by atoms with van der Waals surface area (Å²) in [4.78, 5) is 24.1. The van der Waals surface area contributed by atoms with E-state index in [4.69, 9.17) is 0 Å². The smallest absolute Gasteiger partial charge is 0.256 e. The fourth-order valence-electron chi connectivity index (χ4n) is 2.77. The molecule has 128 valence electrons. The predicted molar refractivity (Wildman–Crippen MR) is 96.1 cm³/mol. The zero-order valence-electron chi connectivity index (χ0n) is 13.8. The number of hydrogen-bond acceptors (Lipinski definition) is 4. The van der Waals surface area contributed by atoms with Gasteiger partial charge in [0, 0.05) is 36.0 Å². The molecule has 0 aliphatic rings. The number of rotatable bonds is 3. The van der Waals surface area contributed by atoms with E-state index >= 15 is 0 Å². The van der Waals surface area contributed by atoms with Gasteiger partial charge in [-0.25, -0.2) is 9.97 Å². The Bertz CT molecular complexity index is 1110. The van der Waals surface area contributed by atoms with E-state index in [2.05, 4.69) is 20.3 Å². The van der Waals surface area contributed by atoms with Crippen LogP contribution in [-0.2, 0) is 7.05 Å². The lowest BCUT2D eigenvalue weighted by molar-refractivity contribution is 0.102. The number of pyridine rings is 2. The van der Waals surface area contributed by atoms with Crippen LogP contribution < -0.4 is 5.32 Å². The van der Waals surface area contributed by atoms with Gasteiger partial charge in [-0.05, 0) is 35.7 Å². The summed E-state index contributed by atoms with van der Waals surface area (Å²) in [6.07, 6.45) is 6.48. The minimum Gasteiger partial charge on any atom is -0.334 e. The molecule has 3 aromatic heterocycles. The fourth-order valence-corrected chi connectivity index (χ4v) is 2.77. The van der Waals surface area contributed by atoms with E-state index in [1.807, 2.05) is 23.7 Å². The second kappa shape index (κ2) is 6.36. The number of fused-ring (bicyclic) bond motifs is 1. The number of imidazole rings is 1. The van der Waals surface area contributed by atoms with Gasteiger partial charge in [-0.15, -0.1) is 0 Å². The quantitative estimate of drug-likeness (QED) is 0.576. The number of anilines is 1. The molecule has 1 amide bonds. The van der Waals surface area contributed by atoms with Gasteiger partial charge in [-0.3, -0.25) is 9.78 Å². The third-order valence-electron chi connectivity index (χ3n) is 4.08. The number of nitrogens with one attached hydrogen (secondary N) is 1. The highest BCUT2D eigenvalue weighted by molar-refractivity contribution is 6.04. The average Bonchev–Trinajstić information content (AvgIpc) is 3.08. The SMILES string of the molecule is Cn1cncc1-c1ccc2c(F)nc(NC(=O)c3ccncc3)cc2c1. The van der Waals surface area contributed by atoms with E-state index in [9.17, 15) is 9.18 Å². The molecule has 0 unspecified atom stereocenters. The van der Waals surface area contributed by atoms with Crippen LogP contribution >= 0.6 is 0 Å². The van der Waals surface area contributed by atoms with Gasteiger partial charge in [0.05, 0.1) is 18.2 Å². The summed E-state index contributed by atoms with van der Waals surface area (Å²) in [6.45, 7) is 0. The van der Waals surface area contributed by atoms with Gasteiger partial charge >= 0.3 is 0 Å². The predicted octanol–water partition coefficient (Wildman–Crippen LogP) is 3.42. The summed E-state index contributed by atoms with van der Waals surface area (Å²) in [5.74, 6) is -0.857. The van der Waals surface area contributed by atoms with Gasteiger partial charge < -0.3 is 9.88 Å². The van der Waals surface area contributed by atoms with Crippen molar-refractivity contribution in [1.29, 1.82) is 0 Å². The van der Waals surface area contributed by atoms with Crippen molar-refractivity contribution in [3.8, 4) is 11.3 Å². The normalized spacial score (nSPS) is 10.8. The number of aromatic nitrogens is 4.